The van der Waals surface area contributed by atoms with E-state index in [1.54, 1.807) is 19.1 Å². The van der Waals surface area contributed by atoms with Crippen LogP contribution in [0.1, 0.15) is 35.3 Å². The van der Waals surface area contributed by atoms with Crippen molar-refractivity contribution in [1.29, 1.82) is 5.26 Å². The van der Waals surface area contributed by atoms with Gasteiger partial charge in [-0.25, -0.2) is 13.4 Å². The predicted molar refractivity (Wildman–Crippen MR) is 144 cm³/mol. The topological polar surface area (TPSA) is 150 Å². The lowest BCUT2D eigenvalue weighted by Gasteiger charge is -2.19. The SMILES string of the molecule is CCS(=O)(=O)c1ccc(C(Oc2ccc(C#N)cc2Cl)C(=O)Nc2nc3cc(CO)c(CO)cc3s2)cc1. The van der Waals surface area contributed by atoms with E-state index < -0.39 is 21.8 Å². The van der Waals surface area contributed by atoms with Crippen LogP contribution < -0.4 is 10.1 Å². The Kier molecular flexibility index (Phi) is 8.30. The smallest absolute Gasteiger partial charge is 0.271 e. The van der Waals surface area contributed by atoms with Crippen LogP contribution >= 0.6 is 22.9 Å². The van der Waals surface area contributed by atoms with E-state index in [1.165, 1.54) is 53.8 Å². The molecule has 1 aromatic heterocycles. The molecule has 0 radical (unpaired) electrons. The van der Waals surface area contributed by atoms with E-state index in [1.807, 2.05) is 6.07 Å². The number of aliphatic hydroxyl groups excluding tert-OH is 2. The molecular formula is C26H22ClN3O6S2. The van der Waals surface area contributed by atoms with E-state index in [-0.39, 0.29) is 39.8 Å². The number of ether oxygens (including phenoxy) is 1. The number of fused-ring (bicyclic) bond motifs is 1. The van der Waals surface area contributed by atoms with Crippen LogP contribution in [-0.2, 0) is 27.8 Å². The summed E-state index contributed by atoms with van der Waals surface area (Å²) in [6.07, 6.45) is -1.24. The molecule has 0 saturated carbocycles. The summed E-state index contributed by atoms with van der Waals surface area (Å²) in [5.74, 6) is -0.512. The maximum Gasteiger partial charge on any atom is 0.271 e. The molecule has 1 unspecified atom stereocenters. The number of carbonyl (C=O) groups excluding carboxylic acids is 1. The predicted octanol–water partition coefficient (Wildman–Crippen LogP) is 4.36. The fraction of sp³-hybridized carbons (Fsp3) is 0.192. The fourth-order valence-corrected chi connectivity index (χ4v) is 5.68. The minimum absolute atomic E-state index is 0.0682. The van der Waals surface area contributed by atoms with Crippen LogP contribution in [0.5, 0.6) is 5.75 Å². The monoisotopic (exact) mass is 571 g/mol. The third kappa shape index (κ3) is 5.80. The Morgan fingerprint density at radius 1 is 1.13 bits per heavy atom. The van der Waals surface area contributed by atoms with E-state index >= 15 is 0 Å². The Hall–Kier alpha value is -3.53. The molecule has 0 bridgehead atoms. The second-order valence-electron chi connectivity index (χ2n) is 8.14. The van der Waals surface area contributed by atoms with Crippen LogP contribution in [0.4, 0.5) is 5.13 Å². The van der Waals surface area contributed by atoms with Crippen molar-refractivity contribution in [2.45, 2.75) is 31.1 Å². The summed E-state index contributed by atoms with van der Waals surface area (Å²) < 4.78 is 31.1. The minimum atomic E-state index is -3.45. The number of benzene rings is 3. The molecule has 196 valence electrons. The maximum atomic E-state index is 13.4. The normalized spacial score (nSPS) is 12.2. The van der Waals surface area contributed by atoms with Crippen molar-refractivity contribution in [2.24, 2.45) is 0 Å². The minimum Gasteiger partial charge on any atom is -0.474 e. The Labute approximate surface area is 227 Å². The number of anilines is 1. The van der Waals surface area contributed by atoms with E-state index in [0.717, 1.165) is 0 Å². The van der Waals surface area contributed by atoms with Crippen molar-refractivity contribution in [2.75, 3.05) is 11.1 Å². The summed E-state index contributed by atoms with van der Waals surface area (Å²) in [6, 6.07) is 15.5. The van der Waals surface area contributed by atoms with Crippen LogP contribution in [0.15, 0.2) is 59.5 Å². The van der Waals surface area contributed by atoms with Crippen molar-refractivity contribution < 1.29 is 28.2 Å². The largest absolute Gasteiger partial charge is 0.474 e. The van der Waals surface area contributed by atoms with Gasteiger partial charge in [0, 0.05) is 5.56 Å². The molecule has 0 aliphatic rings. The Bertz CT molecular complexity index is 1610. The van der Waals surface area contributed by atoms with E-state index in [2.05, 4.69) is 10.3 Å². The number of thiazole rings is 1. The molecule has 9 nitrogen and oxygen atoms in total. The van der Waals surface area contributed by atoms with Gasteiger partial charge >= 0.3 is 0 Å². The standard InChI is InChI=1S/C26H22ClN3O6S2/c1-2-38(34,35)19-6-4-16(5-7-19)24(36-22-8-3-15(12-28)9-20(22)27)25(33)30-26-29-21-10-17(13-31)18(14-32)11-23(21)37-26/h3-11,24,31-32H,2,13-14H2,1H3,(H,29,30,33). The van der Waals surface area contributed by atoms with Crippen LogP contribution in [-0.4, -0.2) is 35.3 Å². The molecule has 1 amide bonds. The Morgan fingerprint density at radius 3 is 2.42 bits per heavy atom. The summed E-state index contributed by atoms with van der Waals surface area (Å²) in [6.45, 7) is 1.02. The molecule has 0 aliphatic carbocycles. The van der Waals surface area contributed by atoms with Gasteiger partial charge in [0.05, 0.1) is 50.7 Å². The number of rotatable bonds is 9. The number of nitrogens with zero attached hydrogens (tertiary/aromatic N) is 2. The second kappa shape index (κ2) is 11.5. The van der Waals surface area contributed by atoms with Gasteiger partial charge in [-0.15, -0.1) is 0 Å². The summed E-state index contributed by atoms with van der Waals surface area (Å²) in [4.78, 5) is 18.0. The van der Waals surface area contributed by atoms with Crippen molar-refractivity contribution in [3.8, 4) is 11.8 Å². The van der Waals surface area contributed by atoms with Gasteiger partial charge in [-0.1, -0.05) is 42.0 Å². The van der Waals surface area contributed by atoms with E-state index in [9.17, 15) is 23.4 Å². The average molecular weight is 572 g/mol. The van der Waals surface area contributed by atoms with Gasteiger partial charge in [0.2, 0.25) is 6.10 Å². The first-order valence-electron chi connectivity index (χ1n) is 11.3. The molecule has 4 rings (SSSR count). The van der Waals surface area contributed by atoms with Crippen molar-refractivity contribution in [1.82, 2.24) is 4.98 Å². The zero-order chi connectivity index (χ0) is 27.4. The molecule has 12 heteroatoms. The van der Waals surface area contributed by atoms with Crippen LogP contribution in [0.2, 0.25) is 5.02 Å². The molecule has 0 saturated heterocycles. The van der Waals surface area contributed by atoms with Crippen LogP contribution in [0.25, 0.3) is 10.2 Å². The highest BCUT2D eigenvalue weighted by Gasteiger charge is 2.26. The van der Waals surface area contributed by atoms with Gasteiger partial charge in [0.1, 0.15) is 5.75 Å². The van der Waals surface area contributed by atoms with Gasteiger partial charge in [0.15, 0.2) is 15.0 Å². The van der Waals surface area contributed by atoms with Gasteiger partial charge in [-0.05, 0) is 53.6 Å². The van der Waals surface area contributed by atoms with Crippen LogP contribution in [0.3, 0.4) is 0 Å². The lowest BCUT2D eigenvalue weighted by atomic mass is 10.1. The summed E-state index contributed by atoms with van der Waals surface area (Å²) in [5, 5.41) is 31.3. The molecule has 0 fully saturated rings. The first-order valence-corrected chi connectivity index (χ1v) is 14.2. The lowest BCUT2D eigenvalue weighted by Crippen LogP contribution is -2.26. The van der Waals surface area contributed by atoms with Crippen molar-refractivity contribution >= 4 is 54.0 Å². The Morgan fingerprint density at radius 2 is 1.82 bits per heavy atom. The van der Waals surface area contributed by atoms with Gasteiger partial charge in [0.25, 0.3) is 5.91 Å². The average Bonchev–Trinajstić information content (AvgIpc) is 3.32. The first kappa shape index (κ1) is 27.5. The number of nitriles is 1. The fourth-order valence-electron chi connectivity index (χ4n) is 3.66. The van der Waals surface area contributed by atoms with Gasteiger partial charge in [-0.2, -0.15) is 5.26 Å². The Balaban J connectivity index is 1.69. The molecule has 0 spiro atoms. The number of nitrogens with one attached hydrogen (secondary N) is 1. The molecule has 38 heavy (non-hydrogen) atoms. The molecule has 1 heterocycles. The number of hydrogen-bond acceptors (Lipinski definition) is 9. The highest BCUT2D eigenvalue weighted by Crippen LogP contribution is 2.33. The highest BCUT2D eigenvalue weighted by molar-refractivity contribution is 7.91. The lowest BCUT2D eigenvalue weighted by molar-refractivity contribution is -0.123. The zero-order valence-electron chi connectivity index (χ0n) is 20.0. The summed E-state index contributed by atoms with van der Waals surface area (Å²) in [7, 11) is -3.45. The molecule has 4 aromatic rings. The zero-order valence-corrected chi connectivity index (χ0v) is 22.4. The number of hydrogen-bond donors (Lipinski definition) is 3. The summed E-state index contributed by atoms with van der Waals surface area (Å²) in [5.41, 5.74) is 2.30. The molecule has 3 aromatic carbocycles. The molecular weight excluding hydrogens is 550 g/mol. The number of sulfone groups is 1. The van der Waals surface area contributed by atoms with Crippen molar-refractivity contribution in [3.05, 3.63) is 81.9 Å². The third-order valence-corrected chi connectivity index (χ3v) is 8.73. The molecule has 1 atom stereocenters. The second-order valence-corrected chi connectivity index (χ2v) is 11.9. The molecule has 3 N–H and O–H groups in total. The van der Waals surface area contributed by atoms with Gasteiger partial charge < -0.3 is 14.9 Å². The van der Waals surface area contributed by atoms with Crippen LogP contribution in [0, 0.1) is 11.3 Å². The quantitative estimate of drug-likeness (QED) is 0.268. The number of halogens is 1. The van der Waals surface area contributed by atoms with Gasteiger partial charge in [-0.3, -0.25) is 10.1 Å². The number of amides is 1. The van der Waals surface area contributed by atoms with Crippen molar-refractivity contribution in [3.63, 3.8) is 0 Å². The molecule has 0 aliphatic heterocycles. The first-order chi connectivity index (χ1) is 18.2. The highest BCUT2D eigenvalue weighted by atomic mass is 35.5. The third-order valence-electron chi connectivity index (χ3n) is 5.75. The number of carbonyl (C=O) groups is 1. The number of aliphatic hydroxyl groups is 2. The van der Waals surface area contributed by atoms with E-state index in [0.29, 0.717) is 32.5 Å². The summed E-state index contributed by atoms with van der Waals surface area (Å²) >= 11 is 7.46. The van der Waals surface area contributed by atoms with E-state index in [4.69, 9.17) is 21.6 Å². The number of aromatic nitrogens is 1. The maximum absolute atomic E-state index is 13.4.